The molecule has 0 radical (unpaired) electrons. The first-order valence-corrected chi connectivity index (χ1v) is 5.95. The maximum Gasteiger partial charge on any atom is 0.195 e. The van der Waals surface area contributed by atoms with E-state index in [1.165, 1.54) is 0 Å². The van der Waals surface area contributed by atoms with Gasteiger partial charge in [-0.15, -0.1) is 11.3 Å². The van der Waals surface area contributed by atoms with Gasteiger partial charge in [0.1, 0.15) is 0 Å². The van der Waals surface area contributed by atoms with Crippen LogP contribution in [-0.2, 0) is 7.05 Å². The van der Waals surface area contributed by atoms with Crippen molar-refractivity contribution in [3.8, 4) is 10.7 Å². The van der Waals surface area contributed by atoms with E-state index in [9.17, 15) is 0 Å². The molecule has 0 aromatic carbocycles. The summed E-state index contributed by atoms with van der Waals surface area (Å²) in [5.74, 6) is 1.27. The lowest BCUT2D eigenvalue weighted by molar-refractivity contribution is 0.827. The molecule has 0 spiro atoms. The molecule has 0 amide bonds. The summed E-state index contributed by atoms with van der Waals surface area (Å²) in [4.78, 5) is 5.46. The van der Waals surface area contributed by atoms with Gasteiger partial charge in [-0.1, -0.05) is 13.8 Å². The van der Waals surface area contributed by atoms with E-state index in [0.29, 0.717) is 10.7 Å². The second-order valence-electron chi connectivity index (χ2n) is 3.63. The van der Waals surface area contributed by atoms with Crippen molar-refractivity contribution in [3.63, 3.8) is 0 Å². The molecule has 0 saturated carbocycles. The van der Waals surface area contributed by atoms with Crippen molar-refractivity contribution in [2.75, 3.05) is 0 Å². The summed E-state index contributed by atoms with van der Waals surface area (Å²) in [7, 11) is 1.91. The van der Waals surface area contributed by atoms with Crippen LogP contribution in [0.2, 0.25) is 0 Å². The molecule has 15 heavy (non-hydrogen) atoms. The van der Waals surface area contributed by atoms with Gasteiger partial charge >= 0.3 is 0 Å². The topological polar surface area (TPSA) is 46.5 Å². The molecule has 80 valence electrons. The lowest BCUT2D eigenvalue weighted by Gasteiger charge is -2.03. The summed E-state index contributed by atoms with van der Waals surface area (Å²) in [6.07, 6.45) is 0. The Balaban J connectivity index is 2.59. The number of aromatic amines is 1. The van der Waals surface area contributed by atoms with Gasteiger partial charge in [0.2, 0.25) is 0 Å². The molecular formula is C9H12N4S2. The minimum Gasteiger partial charge on any atom is -0.303 e. The Morgan fingerprint density at radius 2 is 2.27 bits per heavy atom. The number of hydrogen-bond acceptors (Lipinski definition) is 4. The summed E-state index contributed by atoms with van der Waals surface area (Å²) >= 11 is 6.68. The minimum absolute atomic E-state index is 0.400. The van der Waals surface area contributed by atoms with Crippen LogP contribution < -0.4 is 0 Å². The van der Waals surface area contributed by atoms with Crippen LogP contribution in [-0.4, -0.2) is 19.7 Å². The van der Waals surface area contributed by atoms with E-state index in [2.05, 4.69) is 29.0 Å². The van der Waals surface area contributed by atoms with Gasteiger partial charge in [-0.2, -0.15) is 5.10 Å². The minimum atomic E-state index is 0.400. The molecule has 0 fully saturated rings. The number of nitrogens with one attached hydrogen (secondary N) is 1. The zero-order chi connectivity index (χ0) is 11.0. The average Bonchev–Trinajstić information content (AvgIpc) is 2.75. The predicted octanol–water partition coefficient (Wildman–Crippen LogP) is 2.72. The third kappa shape index (κ3) is 1.74. The van der Waals surface area contributed by atoms with E-state index in [0.717, 1.165) is 16.4 Å². The van der Waals surface area contributed by atoms with E-state index >= 15 is 0 Å². The number of thiazole rings is 1. The fourth-order valence-corrected chi connectivity index (χ4v) is 2.48. The molecule has 0 aliphatic rings. The van der Waals surface area contributed by atoms with Gasteiger partial charge in [0.15, 0.2) is 10.6 Å². The van der Waals surface area contributed by atoms with Gasteiger partial charge in [-0.05, 0) is 18.1 Å². The average molecular weight is 240 g/mol. The largest absolute Gasteiger partial charge is 0.303 e. The first-order chi connectivity index (χ1) is 7.11. The molecule has 2 aromatic rings. The van der Waals surface area contributed by atoms with Gasteiger partial charge in [-0.25, -0.2) is 4.98 Å². The molecule has 1 N–H and O–H groups in total. The van der Waals surface area contributed by atoms with Crippen LogP contribution in [0.15, 0.2) is 5.51 Å². The standard InChI is InChI=1S/C9H12N4S2/c1-5(2)6-7(15-4-10-6)8-11-12-9(14)13(8)3/h4-5H,1-3H3,(H,12,14). The molecule has 6 heteroatoms. The normalized spacial score (nSPS) is 11.2. The Labute approximate surface area is 97.0 Å². The van der Waals surface area contributed by atoms with Crippen LogP contribution in [0.25, 0.3) is 10.7 Å². The van der Waals surface area contributed by atoms with E-state index in [1.807, 2.05) is 17.1 Å². The molecule has 0 saturated heterocycles. The van der Waals surface area contributed by atoms with Crippen molar-refractivity contribution < 1.29 is 0 Å². The lowest BCUT2D eigenvalue weighted by Crippen LogP contribution is -1.96. The molecule has 0 atom stereocenters. The van der Waals surface area contributed by atoms with Gasteiger partial charge in [0.05, 0.1) is 16.1 Å². The molecule has 2 aromatic heterocycles. The number of nitrogens with zero attached hydrogens (tertiary/aromatic N) is 3. The first-order valence-electron chi connectivity index (χ1n) is 4.66. The fraction of sp³-hybridized carbons (Fsp3) is 0.444. The highest BCUT2D eigenvalue weighted by molar-refractivity contribution is 7.71. The summed E-state index contributed by atoms with van der Waals surface area (Å²) in [5.41, 5.74) is 2.93. The van der Waals surface area contributed by atoms with Gasteiger partial charge in [0, 0.05) is 7.05 Å². The summed E-state index contributed by atoms with van der Waals surface area (Å²) in [6, 6.07) is 0. The highest BCUT2D eigenvalue weighted by atomic mass is 32.1. The maximum atomic E-state index is 5.09. The Hall–Kier alpha value is -1.01. The summed E-state index contributed by atoms with van der Waals surface area (Å²) < 4.78 is 2.50. The Morgan fingerprint density at radius 1 is 1.53 bits per heavy atom. The SMILES string of the molecule is CC(C)c1ncsc1-c1n[nH]c(=S)n1C. The quantitative estimate of drug-likeness (QED) is 0.821. The molecule has 0 unspecified atom stereocenters. The van der Waals surface area contributed by atoms with E-state index < -0.39 is 0 Å². The third-order valence-electron chi connectivity index (χ3n) is 2.22. The Kier molecular flexibility index (Phi) is 2.70. The van der Waals surface area contributed by atoms with Gasteiger partial charge < -0.3 is 4.57 Å². The van der Waals surface area contributed by atoms with E-state index in [4.69, 9.17) is 12.2 Å². The highest BCUT2D eigenvalue weighted by Gasteiger charge is 2.15. The van der Waals surface area contributed by atoms with Crippen molar-refractivity contribution in [2.45, 2.75) is 19.8 Å². The van der Waals surface area contributed by atoms with Crippen LogP contribution in [0.4, 0.5) is 0 Å². The van der Waals surface area contributed by atoms with Crippen molar-refractivity contribution in [1.29, 1.82) is 0 Å². The molecule has 2 heterocycles. The molecule has 2 rings (SSSR count). The number of H-pyrrole nitrogens is 1. The van der Waals surface area contributed by atoms with Crippen molar-refractivity contribution in [2.24, 2.45) is 7.05 Å². The zero-order valence-electron chi connectivity index (χ0n) is 8.81. The third-order valence-corrected chi connectivity index (χ3v) is 3.43. The van der Waals surface area contributed by atoms with Crippen LogP contribution in [0.1, 0.15) is 25.5 Å². The predicted molar refractivity (Wildman–Crippen MR) is 63.6 cm³/mol. The van der Waals surface area contributed by atoms with Crippen LogP contribution in [0.5, 0.6) is 0 Å². The lowest BCUT2D eigenvalue weighted by atomic mass is 10.1. The monoisotopic (exact) mass is 240 g/mol. The van der Waals surface area contributed by atoms with E-state index in [-0.39, 0.29) is 0 Å². The molecule has 0 aliphatic heterocycles. The van der Waals surface area contributed by atoms with Crippen molar-refractivity contribution >= 4 is 23.6 Å². The maximum absolute atomic E-state index is 5.09. The highest BCUT2D eigenvalue weighted by Crippen LogP contribution is 2.30. The van der Waals surface area contributed by atoms with E-state index in [1.54, 1.807) is 11.3 Å². The molecule has 0 bridgehead atoms. The van der Waals surface area contributed by atoms with Gasteiger partial charge in [-0.3, -0.25) is 5.10 Å². The number of rotatable bonds is 2. The molecule has 0 aliphatic carbocycles. The summed E-state index contributed by atoms with van der Waals surface area (Å²) in [5, 5.41) is 7.00. The zero-order valence-corrected chi connectivity index (χ0v) is 10.4. The van der Waals surface area contributed by atoms with Crippen LogP contribution in [0.3, 0.4) is 0 Å². The second-order valence-corrected chi connectivity index (χ2v) is 4.87. The van der Waals surface area contributed by atoms with Crippen LogP contribution >= 0.6 is 23.6 Å². The number of aromatic nitrogens is 4. The Bertz CT molecular complexity index is 520. The Morgan fingerprint density at radius 3 is 2.80 bits per heavy atom. The second kappa shape index (κ2) is 3.86. The molecular weight excluding hydrogens is 228 g/mol. The summed E-state index contributed by atoms with van der Waals surface area (Å²) in [6.45, 7) is 4.25. The smallest absolute Gasteiger partial charge is 0.195 e. The fourth-order valence-electron chi connectivity index (χ4n) is 1.38. The van der Waals surface area contributed by atoms with Crippen LogP contribution in [0, 0.1) is 4.77 Å². The number of hydrogen-bond donors (Lipinski definition) is 1. The first kappa shape index (κ1) is 10.5. The van der Waals surface area contributed by atoms with Crippen molar-refractivity contribution in [3.05, 3.63) is 16.0 Å². The van der Waals surface area contributed by atoms with Crippen molar-refractivity contribution in [1.82, 2.24) is 19.7 Å². The van der Waals surface area contributed by atoms with Gasteiger partial charge in [0.25, 0.3) is 0 Å². The molecule has 4 nitrogen and oxygen atoms in total.